The molecule has 3 aromatic rings. The van der Waals surface area contributed by atoms with Gasteiger partial charge in [0.2, 0.25) is 11.7 Å². The van der Waals surface area contributed by atoms with Crippen LogP contribution in [0.25, 0.3) is 0 Å². The number of carbonyl (C=O) groups excluding carboxylic acids is 2. The highest BCUT2D eigenvalue weighted by molar-refractivity contribution is 7.10. The van der Waals surface area contributed by atoms with Crippen molar-refractivity contribution in [2.24, 2.45) is 5.41 Å². The lowest BCUT2D eigenvalue weighted by molar-refractivity contribution is -0.130. The van der Waals surface area contributed by atoms with Crippen molar-refractivity contribution in [3.05, 3.63) is 82.4 Å². The first-order chi connectivity index (χ1) is 13.8. The smallest absolute Gasteiger partial charge is 0.228 e. The van der Waals surface area contributed by atoms with Crippen LogP contribution >= 0.6 is 11.3 Å². The number of hydrogen-bond donors (Lipinski definition) is 1. The number of carbonyl (C=O) groups is 2. The second-order valence-electron chi connectivity index (χ2n) is 8.23. The average Bonchev–Trinajstić information content (AvgIpc) is 3.40. The van der Waals surface area contributed by atoms with Gasteiger partial charge in [-0.15, -0.1) is 11.3 Å². The molecule has 0 bridgehead atoms. The minimum absolute atomic E-state index is 0.162. The molecule has 0 aliphatic heterocycles. The molecule has 0 spiro atoms. The van der Waals surface area contributed by atoms with E-state index in [0.29, 0.717) is 6.42 Å². The standard InChI is InChI=1S/C24H27NO3S/c1-23(2,3)22(27)25-24(20-14-9-17-29-20,21(26)19-13-8-16-28-19)15-7-12-18-10-5-4-6-11-18/h4-6,8-11,13-14,16-17H,7,12,15H2,1-3H3,(H,25,27)/t24-/m0/s1. The fourth-order valence-electron chi connectivity index (χ4n) is 3.25. The summed E-state index contributed by atoms with van der Waals surface area (Å²) in [6.45, 7) is 5.55. The monoisotopic (exact) mass is 409 g/mol. The van der Waals surface area contributed by atoms with E-state index in [2.05, 4.69) is 17.4 Å². The third kappa shape index (κ3) is 4.85. The van der Waals surface area contributed by atoms with Crippen molar-refractivity contribution in [2.45, 2.75) is 45.6 Å². The van der Waals surface area contributed by atoms with Crippen LogP contribution in [0.3, 0.4) is 0 Å². The number of rotatable bonds is 8. The molecule has 1 amide bonds. The summed E-state index contributed by atoms with van der Waals surface area (Å²) < 4.78 is 5.43. The van der Waals surface area contributed by atoms with Gasteiger partial charge in [0.25, 0.3) is 0 Å². The highest BCUT2D eigenvalue weighted by Gasteiger charge is 2.45. The largest absolute Gasteiger partial charge is 0.461 e. The molecule has 152 valence electrons. The van der Waals surface area contributed by atoms with Gasteiger partial charge >= 0.3 is 0 Å². The number of ketones is 1. The number of thiophene rings is 1. The van der Waals surface area contributed by atoms with E-state index in [1.165, 1.54) is 23.2 Å². The Kier molecular flexibility index (Phi) is 6.38. The molecule has 3 rings (SSSR count). The lowest BCUT2D eigenvalue weighted by atomic mass is 9.82. The van der Waals surface area contributed by atoms with E-state index < -0.39 is 11.0 Å². The van der Waals surface area contributed by atoms with Crippen LogP contribution in [-0.4, -0.2) is 11.7 Å². The molecule has 1 atom stereocenters. The zero-order chi connectivity index (χ0) is 20.9. The Morgan fingerprint density at radius 3 is 2.34 bits per heavy atom. The Morgan fingerprint density at radius 2 is 1.76 bits per heavy atom. The molecule has 2 aromatic heterocycles. The van der Waals surface area contributed by atoms with E-state index >= 15 is 0 Å². The fraction of sp³-hybridized carbons (Fsp3) is 0.333. The van der Waals surface area contributed by atoms with E-state index in [1.54, 1.807) is 12.1 Å². The van der Waals surface area contributed by atoms with Gasteiger partial charge in [-0.3, -0.25) is 9.59 Å². The summed E-state index contributed by atoms with van der Waals surface area (Å²) in [4.78, 5) is 27.4. The minimum Gasteiger partial charge on any atom is -0.461 e. The maximum Gasteiger partial charge on any atom is 0.228 e. The lowest BCUT2D eigenvalue weighted by Gasteiger charge is -2.34. The fourth-order valence-corrected chi connectivity index (χ4v) is 4.16. The minimum atomic E-state index is -1.15. The molecule has 4 nitrogen and oxygen atoms in total. The normalized spacial score (nSPS) is 13.6. The molecule has 0 aliphatic carbocycles. The highest BCUT2D eigenvalue weighted by Crippen LogP contribution is 2.36. The van der Waals surface area contributed by atoms with Gasteiger partial charge in [-0.1, -0.05) is 57.2 Å². The molecule has 0 aliphatic rings. The summed E-state index contributed by atoms with van der Waals surface area (Å²) in [5, 5.41) is 5.04. The maximum atomic E-state index is 13.6. The van der Waals surface area contributed by atoms with Crippen LogP contribution in [0.15, 0.2) is 70.7 Å². The summed E-state index contributed by atoms with van der Waals surface area (Å²) in [6.07, 6.45) is 3.55. The SMILES string of the molecule is CC(C)(C)C(=O)N[C@](CCCc1ccccc1)(C(=O)c1ccco1)c1cccs1. The maximum absolute atomic E-state index is 13.6. The van der Waals surface area contributed by atoms with Gasteiger partial charge in [-0.05, 0) is 48.4 Å². The quantitative estimate of drug-likeness (QED) is 0.492. The topological polar surface area (TPSA) is 59.3 Å². The number of nitrogens with one attached hydrogen (secondary N) is 1. The predicted molar refractivity (Wildman–Crippen MR) is 116 cm³/mol. The van der Waals surface area contributed by atoms with Crippen LogP contribution in [0.1, 0.15) is 54.6 Å². The second-order valence-corrected chi connectivity index (χ2v) is 9.18. The number of aryl methyl sites for hydroxylation is 1. The third-order valence-corrected chi connectivity index (χ3v) is 5.97. The van der Waals surface area contributed by atoms with Gasteiger partial charge in [-0.2, -0.15) is 0 Å². The van der Waals surface area contributed by atoms with Gasteiger partial charge in [0.05, 0.1) is 6.26 Å². The molecule has 0 fully saturated rings. The van der Waals surface area contributed by atoms with Crippen LogP contribution in [-0.2, 0) is 16.8 Å². The lowest BCUT2D eigenvalue weighted by Crippen LogP contribution is -2.54. The second kappa shape index (κ2) is 8.78. The van der Waals surface area contributed by atoms with E-state index in [0.717, 1.165) is 17.7 Å². The zero-order valence-corrected chi connectivity index (χ0v) is 17.9. The number of hydrogen-bond acceptors (Lipinski definition) is 4. The van der Waals surface area contributed by atoms with Gasteiger partial charge in [0.15, 0.2) is 5.76 Å². The summed E-state index contributed by atoms with van der Waals surface area (Å²) in [5.41, 5.74) is -0.559. The molecule has 2 heterocycles. The van der Waals surface area contributed by atoms with E-state index in [9.17, 15) is 9.59 Å². The van der Waals surface area contributed by atoms with E-state index in [1.807, 2.05) is 56.5 Å². The molecular weight excluding hydrogens is 382 g/mol. The third-order valence-electron chi connectivity index (χ3n) is 4.94. The number of Topliss-reactive ketones (excluding diaryl/α,β-unsaturated/α-hetero) is 1. The van der Waals surface area contributed by atoms with Crippen LogP contribution < -0.4 is 5.32 Å². The first kappa shape index (κ1) is 21.1. The predicted octanol–water partition coefficient (Wildman–Crippen LogP) is 5.60. The van der Waals surface area contributed by atoms with Crippen LogP contribution in [0.2, 0.25) is 0 Å². The first-order valence-corrected chi connectivity index (χ1v) is 10.7. The molecule has 29 heavy (non-hydrogen) atoms. The van der Waals surface area contributed by atoms with Gasteiger partial charge in [0.1, 0.15) is 5.54 Å². The number of amides is 1. The number of furan rings is 1. The van der Waals surface area contributed by atoms with Crippen molar-refractivity contribution in [3.8, 4) is 0 Å². The van der Waals surface area contributed by atoms with Crippen molar-refractivity contribution in [3.63, 3.8) is 0 Å². The van der Waals surface area contributed by atoms with Gasteiger partial charge in [-0.25, -0.2) is 0 Å². The summed E-state index contributed by atoms with van der Waals surface area (Å²) in [6, 6.07) is 17.3. The molecule has 0 unspecified atom stereocenters. The van der Waals surface area contributed by atoms with Crippen molar-refractivity contribution >= 4 is 23.0 Å². The Labute approximate surface area is 176 Å². The summed E-state index contributed by atoms with van der Waals surface area (Å²) in [7, 11) is 0. The Hall–Kier alpha value is -2.66. The van der Waals surface area contributed by atoms with Crippen molar-refractivity contribution in [1.29, 1.82) is 0 Å². The molecule has 0 saturated heterocycles. The van der Waals surface area contributed by atoms with Gasteiger partial charge in [0, 0.05) is 10.3 Å². The van der Waals surface area contributed by atoms with Crippen LogP contribution in [0, 0.1) is 5.41 Å². The van der Waals surface area contributed by atoms with E-state index in [4.69, 9.17) is 4.42 Å². The summed E-state index contributed by atoms with van der Waals surface area (Å²) in [5.74, 6) is -0.117. The molecule has 1 aromatic carbocycles. The average molecular weight is 410 g/mol. The van der Waals surface area contributed by atoms with Crippen molar-refractivity contribution in [1.82, 2.24) is 5.32 Å². The van der Waals surface area contributed by atoms with Crippen LogP contribution in [0.4, 0.5) is 0 Å². The summed E-state index contributed by atoms with van der Waals surface area (Å²) >= 11 is 1.48. The van der Waals surface area contributed by atoms with Gasteiger partial charge < -0.3 is 9.73 Å². The van der Waals surface area contributed by atoms with Crippen molar-refractivity contribution < 1.29 is 14.0 Å². The molecule has 1 N–H and O–H groups in total. The molecule has 5 heteroatoms. The van der Waals surface area contributed by atoms with E-state index in [-0.39, 0.29) is 17.5 Å². The van der Waals surface area contributed by atoms with Crippen LogP contribution in [0.5, 0.6) is 0 Å². The zero-order valence-electron chi connectivity index (χ0n) is 17.1. The molecule has 0 radical (unpaired) electrons. The number of benzene rings is 1. The highest BCUT2D eigenvalue weighted by atomic mass is 32.1. The Balaban J connectivity index is 1.96. The molecular formula is C24H27NO3S. The van der Waals surface area contributed by atoms with Crippen molar-refractivity contribution in [2.75, 3.05) is 0 Å². The first-order valence-electron chi connectivity index (χ1n) is 9.82. The molecule has 0 saturated carbocycles. The Bertz CT molecular complexity index is 924. The Morgan fingerprint density at radius 1 is 1.00 bits per heavy atom.